The molecule has 6 heteroatoms. The average molecular weight is 357 g/mol. The predicted octanol–water partition coefficient (Wildman–Crippen LogP) is 3.28. The van der Waals surface area contributed by atoms with Crippen molar-refractivity contribution in [2.24, 2.45) is 0 Å². The topological polar surface area (TPSA) is 68.5 Å². The lowest BCUT2D eigenvalue weighted by Crippen LogP contribution is -2.34. The maximum atomic E-state index is 12.6. The van der Waals surface area contributed by atoms with Gasteiger partial charge in [0, 0.05) is 24.3 Å². The van der Waals surface area contributed by atoms with Crippen LogP contribution < -0.4 is 9.46 Å². The first-order valence-electron chi connectivity index (χ1n) is 8.27. The van der Waals surface area contributed by atoms with Gasteiger partial charge in [-0.25, -0.2) is 13.1 Å². The minimum Gasteiger partial charge on any atom is -0.493 e. The summed E-state index contributed by atoms with van der Waals surface area (Å²) in [4.78, 5) is 0.271. The van der Waals surface area contributed by atoms with Gasteiger partial charge in [-0.1, -0.05) is 18.2 Å². The Labute approximate surface area is 146 Å². The van der Waals surface area contributed by atoms with Crippen LogP contribution in [0.15, 0.2) is 57.8 Å². The second-order valence-electron chi connectivity index (χ2n) is 6.34. The van der Waals surface area contributed by atoms with Gasteiger partial charge in [0.1, 0.15) is 17.1 Å². The lowest BCUT2D eigenvalue weighted by atomic mass is 10.2. The Balaban J connectivity index is 1.50. The standard InChI is InChI=1S/C19H19NO4S/c1-13(10-16-11-14-4-2-3-5-19(14)24-16)20-25(21,22)17-6-7-18-15(12-17)8-9-23-18/h2-7,11-13,20H,8-10H2,1H3. The van der Waals surface area contributed by atoms with Crippen LogP contribution in [0, 0.1) is 0 Å². The molecule has 0 amide bonds. The molecule has 4 rings (SSSR count). The Kier molecular flexibility index (Phi) is 4.01. The van der Waals surface area contributed by atoms with E-state index in [1.807, 2.05) is 37.3 Å². The molecule has 25 heavy (non-hydrogen) atoms. The van der Waals surface area contributed by atoms with Crippen LogP contribution in [0.2, 0.25) is 0 Å². The van der Waals surface area contributed by atoms with E-state index in [1.54, 1.807) is 18.2 Å². The van der Waals surface area contributed by atoms with Crippen molar-refractivity contribution in [3.05, 3.63) is 59.9 Å². The zero-order valence-corrected chi connectivity index (χ0v) is 14.7. The lowest BCUT2D eigenvalue weighted by Gasteiger charge is -2.13. The molecule has 0 saturated heterocycles. The van der Waals surface area contributed by atoms with Gasteiger partial charge in [0.25, 0.3) is 0 Å². The number of hydrogen-bond donors (Lipinski definition) is 1. The molecular weight excluding hydrogens is 338 g/mol. The number of benzene rings is 2. The smallest absolute Gasteiger partial charge is 0.240 e. The summed E-state index contributed by atoms with van der Waals surface area (Å²) >= 11 is 0. The third kappa shape index (κ3) is 3.27. The highest BCUT2D eigenvalue weighted by atomic mass is 32.2. The minimum absolute atomic E-state index is 0.271. The van der Waals surface area contributed by atoms with Gasteiger partial charge in [-0.15, -0.1) is 0 Å². The Bertz CT molecular complexity index is 990. The van der Waals surface area contributed by atoms with E-state index in [1.165, 1.54) is 0 Å². The van der Waals surface area contributed by atoms with Gasteiger partial charge >= 0.3 is 0 Å². The molecule has 130 valence electrons. The SMILES string of the molecule is CC(Cc1cc2ccccc2o1)NS(=O)(=O)c1ccc2c(c1)CCO2. The van der Waals surface area contributed by atoms with Crippen molar-refractivity contribution in [3.63, 3.8) is 0 Å². The van der Waals surface area contributed by atoms with Crippen molar-refractivity contribution < 1.29 is 17.6 Å². The van der Waals surface area contributed by atoms with Crippen LogP contribution in [0.25, 0.3) is 11.0 Å². The van der Waals surface area contributed by atoms with Gasteiger partial charge < -0.3 is 9.15 Å². The monoisotopic (exact) mass is 357 g/mol. The quantitative estimate of drug-likeness (QED) is 0.761. The summed E-state index contributed by atoms with van der Waals surface area (Å²) in [6.45, 7) is 2.44. The van der Waals surface area contributed by atoms with Crippen LogP contribution in [-0.2, 0) is 22.9 Å². The first kappa shape index (κ1) is 16.2. The van der Waals surface area contributed by atoms with E-state index in [-0.39, 0.29) is 10.9 Å². The Morgan fingerprint density at radius 3 is 2.84 bits per heavy atom. The predicted molar refractivity (Wildman–Crippen MR) is 95.3 cm³/mol. The average Bonchev–Trinajstić information content (AvgIpc) is 3.19. The van der Waals surface area contributed by atoms with Gasteiger partial charge in [-0.05, 0) is 42.8 Å². The van der Waals surface area contributed by atoms with E-state index in [4.69, 9.17) is 9.15 Å². The van der Waals surface area contributed by atoms with Crippen molar-refractivity contribution in [3.8, 4) is 5.75 Å². The van der Waals surface area contributed by atoms with Crippen LogP contribution in [0.5, 0.6) is 5.75 Å². The van der Waals surface area contributed by atoms with E-state index in [9.17, 15) is 8.42 Å². The number of sulfonamides is 1. The number of hydrogen-bond acceptors (Lipinski definition) is 4. The molecule has 1 atom stereocenters. The second kappa shape index (κ2) is 6.20. The van der Waals surface area contributed by atoms with E-state index in [0.717, 1.165) is 34.5 Å². The fourth-order valence-electron chi connectivity index (χ4n) is 3.14. The molecule has 0 aliphatic carbocycles. The highest BCUT2D eigenvalue weighted by Gasteiger charge is 2.21. The van der Waals surface area contributed by atoms with Crippen molar-refractivity contribution in [2.75, 3.05) is 6.61 Å². The van der Waals surface area contributed by atoms with Crippen molar-refractivity contribution >= 4 is 21.0 Å². The molecule has 1 unspecified atom stereocenters. The zero-order valence-electron chi connectivity index (χ0n) is 13.9. The van der Waals surface area contributed by atoms with Gasteiger partial charge in [0.05, 0.1) is 11.5 Å². The molecular formula is C19H19NO4S. The normalized spacial score (nSPS) is 15.1. The molecule has 1 aromatic heterocycles. The number of fused-ring (bicyclic) bond motifs is 2. The fourth-order valence-corrected chi connectivity index (χ4v) is 4.44. The highest BCUT2D eigenvalue weighted by molar-refractivity contribution is 7.89. The Morgan fingerprint density at radius 2 is 2.00 bits per heavy atom. The number of rotatable bonds is 5. The van der Waals surface area contributed by atoms with Crippen molar-refractivity contribution in [1.29, 1.82) is 0 Å². The van der Waals surface area contributed by atoms with Crippen LogP contribution in [-0.4, -0.2) is 21.1 Å². The third-order valence-electron chi connectivity index (χ3n) is 4.31. The van der Waals surface area contributed by atoms with Crippen LogP contribution in [0.1, 0.15) is 18.2 Å². The minimum atomic E-state index is -3.58. The second-order valence-corrected chi connectivity index (χ2v) is 8.06. The number of para-hydroxylation sites is 1. The molecule has 0 saturated carbocycles. The van der Waals surface area contributed by atoms with Crippen LogP contribution in [0.3, 0.4) is 0 Å². The van der Waals surface area contributed by atoms with Gasteiger partial charge in [0.15, 0.2) is 0 Å². The molecule has 0 bridgehead atoms. The van der Waals surface area contributed by atoms with Gasteiger partial charge in [0.2, 0.25) is 10.0 Å². The fraction of sp³-hybridized carbons (Fsp3) is 0.263. The molecule has 0 fully saturated rings. The first-order valence-corrected chi connectivity index (χ1v) is 9.75. The van der Waals surface area contributed by atoms with Crippen LogP contribution in [0.4, 0.5) is 0 Å². The molecule has 5 nitrogen and oxygen atoms in total. The summed E-state index contributed by atoms with van der Waals surface area (Å²) in [6.07, 6.45) is 1.23. The van der Waals surface area contributed by atoms with Crippen molar-refractivity contribution in [2.45, 2.75) is 30.7 Å². The molecule has 0 spiro atoms. The van der Waals surface area contributed by atoms with E-state index < -0.39 is 10.0 Å². The number of ether oxygens (including phenoxy) is 1. The molecule has 0 radical (unpaired) electrons. The van der Waals surface area contributed by atoms with E-state index >= 15 is 0 Å². The maximum absolute atomic E-state index is 12.6. The number of furan rings is 1. The Hall–Kier alpha value is -2.31. The lowest BCUT2D eigenvalue weighted by molar-refractivity contribution is 0.356. The van der Waals surface area contributed by atoms with Gasteiger partial charge in [-0.3, -0.25) is 0 Å². The molecule has 1 aliphatic heterocycles. The largest absolute Gasteiger partial charge is 0.493 e. The molecule has 2 heterocycles. The number of nitrogens with one attached hydrogen (secondary N) is 1. The molecule has 1 N–H and O–H groups in total. The summed E-state index contributed by atoms with van der Waals surface area (Å²) in [5, 5.41) is 1.02. The maximum Gasteiger partial charge on any atom is 0.240 e. The molecule has 2 aromatic carbocycles. The third-order valence-corrected chi connectivity index (χ3v) is 5.90. The van der Waals surface area contributed by atoms with E-state index in [2.05, 4.69) is 4.72 Å². The molecule has 3 aromatic rings. The van der Waals surface area contributed by atoms with Crippen molar-refractivity contribution in [1.82, 2.24) is 4.72 Å². The molecule has 1 aliphatic rings. The Morgan fingerprint density at radius 1 is 1.16 bits per heavy atom. The summed E-state index contributed by atoms with van der Waals surface area (Å²) < 4.78 is 39.2. The van der Waals surface area contributed by atoms with Crippen LogP contribution >= 0.6 is 0 Å². The van der Waals surface area contributed by atoms with E-state index in [0.29, 0.717) is 13.0 Å². The zero-order chi connectivity index (χ0) is 17.4. The highest BCUT2D eigenvalue weighted by Crippen LogP contribution is 2.27. The first-order chi connectivity index (χ1) is 12.0. The summed E-state index contributed by atoms with van der Waals surface area (Å²) in [7, 11) is -3.58. The van der Waals surface area contributed by atoms with Gasteiger partial charge in [-0.2, -0.15) is 0 Å². The summed E-state index contributed by atoms with van der Waals surface area (Å²) in [6, 6.07) is 14.4. The summed E-state index contributed by atoms with van der Waals surface area (Å²) in [5.74, 6) is 1.54. The summed E-state index contributed by atoms with van der Waals surface area (Å²) in [5.41, 5.74) is 1.75.